The fourth-order valence-electron chi connectivity index (χ4n) is 4.26. The number of nitrogens with one attached hydrogen (secondary N) is 1. The van der Waals surface area contributed by atoms with Gasteiger partial charge in [-0.15, -0.1) is 0 Å². The van der Waals surface area contributed by atoms with Crippen LogP contribution >= 0.6 is 19.5 Å². The number of aliphatic imine (C=N–C) groups is 3. The number of aliphatic hydroxyl groups excluding tert-OH is 3. The van der Waals surface area contributed by atoms with E-state index in [0.717, 1.165) is 17.3 Å². The minimum atomic E-state index is -3.99. The summed E-state index contributed by atoms with van der Waals surface area (Å²) in [4.78, 5) is 26.4. The summed E-state index contributed by atoms with van der Waals surface area (Å²) >= 11 is 0.952. The number of guanidine groups is 1. The first-order chi connectivity index (χ1) is 20.0. The van der Waals surface area contributed by atoms with Crippen LogP contribution in [0.15, 0.2) is 45.3 Å². The topological polar surface area (TPSA) is 210 Å². The van der Waals surface area contributed by atoms with Crippen molar-refractivity contribution in [1.82, 2.24) is 9.99 Å². The molecule has 3 aliphatic heterocycles. The highest BCUT2D eigenvalue weighted by atomic mass is 32.2. The van der Waals surface area contributed by atoms with Crippen LogP contribution in [0.1, 0.15) is 19.4 Å². The Labute approximate surface area is 247 Å². The second-order valence-corrected chi connectivity index (χ2v) is 13.3. The van der Waals surface area contributed by atoms with Crippen molar-refractivity contribution < 1.29 is 43.2 Å². The zero-order chi connectivity index (χ0) is 30.5. The monoisotopic (exact) mass is 628 g/mol. The molecule has 0 spiro atoms. The van der Waals surface area contributed by atoms with E-state index in [-0.39, 0.29) is 42.5 Å². The number of aliphatic hydroxyl groups is 3. The third-order valence-electron chi connectivity index (χ3n) is 6.78. The largest absolute Gasteiger partial charge is 0.482 e. The summed E-state index contributed by atoms with van der Waals surface area (Å²) in [6.07, 6.45) is -4.24. The van der Waals surface area contributed by atoms with Gasteiger partial charge in [-0.1, -0.05) is 42.1 Å². The maximum atomic E-state index is 13.7. The first-order valence-electron chi connectivity index (χ1n) is 13.2. The summed E-state index contributed by atoms with van der Waals surface area (Å²) in [5.74, 6) is 0.389. The van der Waals surface area contributed by atoms with Crippen LogP contribution < -0.4 is 10.8 Å². The van der Waals surface area contributed by atoms with E-state index < -0.39 is 56.5 Å². The average molecular weight is 629 g/mol. The molecule has 0 aliphatic carbocycles. The van der Waals surface area contributed by atoms with Gasteiger partial charge in [-0.05, 0) is 19.4 Å². The van der Waals surface area contributed by atoms with Crippen molar-refractivity contribution in [1.29, 1.82) is 0 Å². The SMILES string of the molecule is COC1=NC(N)=NC2C1N=CN2C1O[C@H](COP(=O)(NCc2ccccc2)OCCSC(=O)C(C)(C)CO)C(O)[C@H]1O. The van der Waals surface area contributed by atoms with Crippen LogP contribution in [0.25, 0.3) is 0 Å². The minimum absolute atomic E-state index is 0.0288. The Morgan fingerprint density at radius 1 is 1.24 bits per heavy atom. The van der Waals surface area contributed by atoms with Gasteiger partial charge in [-0.2, -0.15) is 4.99 Å². The van der Waals surface area contributed by atoms with Crippen molar-refractivity contribution in [3.05, 3.63) is 35.9 Å². The highest BCUT2D eigenvalue weighted by Gasteiger charge is 2.51. The maximum Gasteiger partial charge on any atom is 0.405 e. The molecular weight excluding hydrogens is 591 g/mol. The van der Waals surface area contributed by atoms with E-state index in [0.29, 0.717) is 0 Å². The zero-order valence-electron chi connectivity index (χ0n) is 23.5. The van der Waals surface area contributed by atoms with Gasteiger partial charge in [0, 0.05) is 12.3 Å². The van der Waals surface area contributed by atoms with Crippen LogP contribution in [-0.4, -0.2) is 113 Å². The van der Waals surface area contributed by atoms with Crippen molar-refractivity contribution in [3.8, 4) is 0 Å². The van der Waals surface area contributed by atoms with Crippen molar-refractivity contribution in [3.63, 3.8) is 0 Å². The number of fused-ring (bicyclic) bond motifs is 1. The number of carbonyl (C=O) groups excluding carboxylic acids is 1. The highest BCUT2D eigenvalue weighted by Crippen LogP contribution is 2.45. The second kappa shape index (κ2) is 13.9. The molecule has 4 rings (SSSR count). The molecular formula is C25H37N6O9PS. The van der Waals surface area contributed by atoms with E-state index in [1.54, 1.807) is 13.8 Å². The third-order valence-corrected chi connectivity index (χ3v) is 9.53. The predicted molar refractivity (Wildman–Crippen MR) is 156 cm³/mol. The number of carbonyl (C=O) groups is 1. The van der Waals surface area contributed by atoms with Crippen molar-refractivity contribution >= 4 is 42.8 Å². The van der Waals surface area contributed by atoms with Gasteiger partial charge in [-0.25, -0.2) is 14.6 Å². The summed E-state index contributed by atoms with van der Waals surface area (Å²) in [7, 11) is -2.55. The molecule has 1 saturated heterocycles. The molecule has 17 heteroatoms. The Morgan fingerprint density at radius 2 is 1.98 bits per heavy atom. The number of thioether (sulfide) groups is 1. The quantitative estimate of drug-likeness (QED) is 0.145. The molecule has 3 heterocycles. The normalized spacial score (nSPS) is 28.7. The van der Waals surface area contributed by atoms with Crippen LogP contribution in [0.4, 0.5) is 0 Å². The van der Waals surface area contributed by atoms with Gasteiger partial charge in [0.25, 0.3) is 0 Å². The van der Waals surface area contributed by atoms with Crippen LogP contribution in [0.2, 0.25) is 0 Å². The fraction of sp³-hybridized carbons (Fsp3) is 0.600. The highest BCUT2D eigenvalue weighted by molar-refractivity contribution is 8.13. The van der Waals surface area contributed by atoms with Crippen molar-refractivity contribution in [2.75, 3.05) is 32.7 Å². The molecule has 1 fully saturated rings. The number of benzene rings is 1. The first-order valence-corrected chi connectivity index (χ1v) is 15.8. The van der Waals surface area contributed by atoms with Crippen LogP contribution in [0, 0.1) is 5.41 Å². The van der Waals surface area contributed by atoms with Crippen LogP contribution in [0.5, 0.6) is 0 Å². The van der Waals surface area contributed by atoms with Gasteiger partial charge in [0.1, 0.15) is 18.3 Å². The van der Waals surface area contributed by atoms with E-state index in [4.69, 9.17) is 24.3 Å². The number of rotatable bonds is 13. The molecule has 0 radical (unpaired) electrons. The van der Waals surface area contributed by atoms with Gasteiger partial charge in [0.15, 0.2) is 23.6 Å². The lowest BCUT2D eigenvalue weighted by Gasteiger charge is -2.32. The summed E-state index contributed by atoms with van der Waals surface area (Å²) in [6.45, 7) is 2.60. The first kappa shape index (κ1) is 32.5. The van der Waals surface area contributed by atoms with Gasteiger partial charge in [0.05, 0.1) is 38.7 Å². The molecule has 3 aliphatic rings. The van der Waals surface area contributed by atoms with E-state index in [9.17, 15) is 24.7 Å². The molecule has 232 valence electrons. The lowest BCUT2D eigenvalue weighted by molar-refractivity contribution is -0.119. The molecule has 0 amide bonds. The Kier molecular flexibility index (Phi) is 10.8. The zero-order valence-corrected chi connectivity index (χ0v) is 25.2. The van der Waals surface area contributed by atoms with Gasteiger partial charge in [0.2, 0.25) is 11.9 Å². The molecule has 0 saturated carbocycles. The number of hydrogen-bond donors (Lipinski definition) is 5. The van der Waals surface area contributed by atoms with E-state index >= 15 is 0 Å². The van der Waals surface area contributed by atoms with Gasteiger partial charge < -0.3 is 35.4 Å². The van der Waals surface area contributed by atoms with Crippen molar-refractivity contribution in [2.24, 2.45) is 26.1 Å². The number of hydrogen-bond acceptors (Lipinski definition) is 15. The van der Waals surface area contributed by atoms with Crippen LogP contribution in [0.3, 0.4) is 0 Å². The lowest BCUT2D eigenvalue weighted by Crippen LogP contribution is -2.51. The Hall–Kier alpha value is -2.40. The number of nitrogens with two attached hydrogens (primary N) is 1. The molecule has 1 aromatic rings. The second-order valence-electron chi connectivity index (χ2n) is 10.4. The summed E-state index contributed by atoms with van der Waals surface area (Å²) in [5.41, 5.74) is 5.71. The summed E-state index contributed by atoms with van der Waals surface area (Å²) < 4.78 is 36.1. The molecule has 7 atom stereocenters. The van der Waals surface area contributed by atoms with Gasteiger partial charge in [-0.3, -0.25) is 18.8 Å². The minimum Gasteiger partial charge on any atom is -0.482 e. The smallest absolute Gasteiger partial charge is 0.405 e. The van der Waals surface area contributed by atoms with Gasteiger partial charge >= 0.3 is 7.75 Å². The van der Waals surface area contributed by atoms with Crippen LogP contribution in [-0.2, 0) is 34.4 Å². The molecule has 5 unspecified atom stereocenters. The van der Waals surface area contributed by atoms with Crippen molar-refractivity contribution in [2.45, 2.75) is 57.1 Å². The molecule has 42 heavy (non-hydrogen) atoms. The Morgan fingerprint density at radius 3 is 2.67 bits per heavy atom. The Balaban J connectivity index is 1.38. The maximum absolute atomic E-state index is 13.7. The molecule has 6 N–H and O–H groups in total. The Bertz CT molecular complexity index is 1240. The number of ether oxygens (including phenoxy) is 2. The van der Waals surface area contributed by atoms with E-state index in [2.05, 4.69) is 20.1 Å². The summed E-state index contributed by atoms with van der Waals surface area (Å²) in [6, 6.07) is 8.57. The third kappa shape index (κ3) is 7.56. The predicted octanol–water partition coefficient (Wildman–Crippen LogP) is 0.0543. The standard InChI is InChI=1S/C25H37N6O9PS/c1-25(2,13-32)23(35)42-10-9-38-41(36,28-11-15-7-5-4-6-8-15)39-12-16-18(33)19(34)22(40-16)31-14-27-17-20(31)29-24(26)30-21(17)37-3/h4-8,14,16-20,22,32-34H,9-13H2,1-3H3,(H2,26,29)(H,28,36)/t16-,17?,18?,19-,20?,22?,41?/m1/s1. The van der Waals surface area contributed by atoms with E-state index in [1.165, 1.54) is 18.3 Å². The number of methoxy groups -OCH3 is 1. The lowest BCUT2D eigenvalue weighted by atomic mass is 9.97. The number of nitrogens with zero attached hydrogens (tertiary/aromatic N) is 4. The summed E-state index contributed by atoms with van der Waals surface area (Å²) in [5, 5.41) is 33.5. The molecule has 0 aromatic heterocycles. The molecule has 15 nitrogen and oxygen atoms in total. The average Bonchev–Trinajstić information content (AvgIpc) is 3.53. The van der Waals surface area contributed by atoms with E-state index in [1.807, 2.05) is 30.3 Å². The fourth-order valence-corrected chi connectivity index (χ4v) is 6.50. The molecule has 0 bridgehead atoms. The molecule has 1 aromatic carbocycles.